The number of hydrogen-bond acceptors (Lipinski definition) is 3. The van der Waals surface area contributed by atoms with Crippen LogP contribution in [0.1, 0.15) is 25.0 Å². The molecule has 2 aromatic rings. The molecule has 78 valence electrons. The van der Waals surface area contributed by atoms with Crippen molar-refractivity contribution in [2.24, 2.45) is 0 Å². The lowest BCUT2D eigenvalue weighted by atomic mass is 10.1. The molecule has 2 aromatic heterocycles. The van der Waals surface area contributed by atoms with Gasteiger partial charge in [-0.25, -0.2) is 0 Å². The van der Waals surface area contributed by atoms with Gasteiger partial charge in [0.25, 0.3) is 0 Å². The van der Waals surface area contributed by atoms with Gasteiger partial charge >= 0.3 is 5.97 Å². The van der Waals surface area contributed by atoms with Gasteiger partial charge in [-0.3, -0.25) is 9.78 Å². The van der Waals surface area contributed by atoms with E-state index in [2.05, 4.69) is 4.98 Å². The molecule has 1 unspecified atom stereocenters. The Morgan fingerprint density at radius 2 is 2.47 bits per heavy atom. The van der Waals surface area contributed by atoms with Gasteiger partial charge in [-0.2, -0.15) is 0 Å². The first-order valence-corrected chi connectivity index (χ1v) is 4.72. The lowest BCUT2D eigenvalue weighted by molar-refractivity contribution is -0.137. The smallest absolute Gasteiger partial charge is 0.304 e. The number of carboxylic acids is 1. The Hall–Kier alpha value is -1.84. The normalized spacial score (nSPS) is 12.9. The van der Waals surface area contributed by atoms with Gasteiger partial charge in [0.05, 0.1) is 6.42 Å². The molecule has 1 atom stereocenters. The molecule has 4 nitrogen and oxygen atoms in total. The van der Waals surface area contributed by atoms with Crippen molar-refractivity contribution in [2.45, 2.75) is 19.3 Å². The second-order valence-electron chi connectivity index (χ2n) is 3.56. The summed E-state index contributed by atoms with van der Waals surface area (Å²) in [6.07, 6.45) is 3.43. The average molecular weight is 205 g/mol. The molecule has 0 spiro atoms. The van der Waals surface area contributed by atoms with Crippen LogP contribution in [-0.2, 0) is 4.79 Å². The van der Waals surface area contributed by atoms with E-state index >= 15 is 0 Å². The number of rotatable bonds is 3. The fourth-order valence-electron chi connectivity index (χ4n) is 1.51. The summed E-state index contributed by atoms with van der Waals surface area (Å²) < 4.78 is 5.53. The van der Waals surface area contributed by atoms with Crippen LogP contribution in [0, 0.1) is 0 Å². The van der Waals surface area contributed by atoms with Gasteiger partial charge in [0.1, 0.15) is 11.3 Å². The zero-order chi connectivity index (χ0) is 10.8. The van der Waals surface area contributed by atoms with Gasteiger partial charge in [-0.05, 0) is 12.1 Å². The van der Waals surface area contributed by atoms with Crippen LogP contribution < -0.4 is 0 Å². The predicted molar refractivity (Wildman–Crippen MR) is 54.7 cm³/mol. The third kappa shape index (κ3) is 1.98. The number of nitrogens with zero attached hydrogens (tertiary/aromatic N) is 1. The number of aromatic nitrogens is 1. The molecule has 0 radical (unpaired) electrons. The van der Waals surface area contributed by atoms with Crippen LogP contribution in [0.4, 0.5) is 0 Å². The molecule has 0 aliphatic heterocycles. The van der Waals surface area contributed by atoms with E-state index in [0.29, 0.717) is 5.76 Å². The standard InChI is InChI=1S/C11H11NO3/c1-7(4-11(13)14)10-5-8-6-12-3-2-9(8)15-10/h2-3,5-7H,4H2,1H3,(H,13,14). The fourth-order valence-corrected chi connectivity index (χ4v) is 1.51. The minimum Gasteiger partial charge on any atom is -0.481 e. The Morgan fingerprint density at radius 3 is 3.13 bits per heavy atom. The fraction of sp³-hybridized carbons (Fsp3) is 0.273. The molecular formula is C11H11NO3. The van der Waals surface area contributed by atoms with Gasteiger partial charge < -0.3 is 9.52 Å². The molecule has 15 heavy (non-hydrogen) atoms. The minimum absolute atomic E-state index is 0.0766. The van der Waals surface area contributed by atoms with Gasteiger partial charge in [-0.15, -0.1) is 0 Å². The van der Waals surface area contributed by atoms with E-state index < -0.39 is 5.97 Å². The number of fused-ring (bicyclic) bond motifs is 1. The highest BCUT2D eigenvalue weighted by atomic mass is 16.4. The summed E-state index contributed by atoms with van der Waals surface area (Å²) in [6, 6.07) is 3.61. The van der Waals surface area contributed by atoms with Crippen molar-refractivity contribution < 1.29 is 14.3 Å². The van der Waals surface area contributed by atoms with E-state index in [-0.39, 0.29) is 12.3 Å². The molecule has 0 aromatic carbocycles. The summed E-state index contributed by atoms with van der Waals surface area (Å²) >= 11 is 0. The summed E-state index contributed by atoms with van der Waals surface area (Å²) in [4.78, 5) is 14.5. The second kappa shape index (κ2) is 3.73. The molecule has 2 rings (SSSR count). The topological polar surface area (TPSA) is 63.3 Å². The zero-order valence-electron chi connectivity index (χ0n) is 8.30. The molecule has 0 bridgehead atoms. The van der Waals surface area contributed by atoms with Crippen molar-refractivity contribution in [1.29, 1.82) is 0 Å². The van der Waals surface area contributed by atoms with E-state index in [1.54, 1.807) is 18.5 Å². The molecule has 1 N–H and O–H groups in total. The number of carbonyl (C=O) groups is 1. The van der Waals surface area contributed by atoms with Crippen LogP contribution >= 0.6 is 0 Å². The third-order valence-electron chi connectivity index (χ3n) is 2.30. The summed E-state index contributed by atoms with van der Waals surface area (Å²) in [5.41, 5.74) is 0.747. The molecule has 0 saturated carbocycles. The molecule has 0 fully saturated rings. The summed E-state index contributed by atoms with van der Waals surface area (Å²) in [5.74, 6) is -0.239. The summed E-state index contributed by atoms with van der Waals surface area (Å²) in [7, 11) is 0. The average Bonchev–Trinajstić information content (AvgIpc) is 2.59. The second-order valence-corrected chi connectivity index (χ2v) is 3.56. The molecule has 0 aliphatic rings. The largest absolute Gasteiger partial charge is 0.481 e. The van der Waals surface area contributed by atoms with E-state index in [9.17, 15) is 4.79 Å². The van der Waals surface area contributed by atoms with Gasteiger partial charge in [0, 0.05) is 23.7 Å². The summed E-state index contributed by atoms with van der Waals surface area (Å²) in [6.45, 7) is 1.83. The first-order valence-electron chi connectivity index (χ1n) is 4.72. The maximum atomic E-state index is 10.5. The van der Waals surface area contributed by atoms with Crippen LogP contribution in [0.15, 0.2) is 28.9 Å². The highest BCUT2D eigenvalue weighted by molar-refractivity contribution is 5.77. The van der Waals surface area contributed by atoms with E-state index in [4.69, 9.17) is 9.52 Å². The van der Waals surface area contributed by atoms with Crippen LogP contribution in [-0.4, -0.2) is 16.1 Å². The Morgan fingerprint density at radius 1 is 1.67 bits per heavy atom. The maximum absolute atomic E-state index is 10.5. The lowest BCUT2D eigenvalue weighted by Gasteiger charge is -2.02. The summed E-state index contributed by atoms with van der Waals surface area (Å²) in [5, 5.41) is 9.57. The maximum Gasteiger partial charge on any atom is 0.304 e. The van der Waals surface area contributed by atoms with E-state index in [0.717, 1.165) is 11.0 Å². The highest BCUT2D eigenvalue weighted by Gasteiger charge is 2.14. The van der Waals surface area contributed by atoms with E-state index in [1.165, 1.54) is 0 Å². The Labute approximate surface area is 86.5 Å². The zero-order valence-corrected chi connectivity index (χ0v) is 8.30. The quantitative estimate of drug-likeness (QED) is 0.835. The number of furan rings is 1. The van der Waals surface area contributed by atoms with Crippen molar-refractivity contribution >= 4 is 16.9 Å². The van der Waals surface area contributed by atoms with Crippen LogP contribution in [0.5, 0.6) is 0 Å². The molecule has 4 heteroatoms. The molecule has 0 aliphatic carbocycles. The number of carboxylic acid groups (broad SMARTS) is 1. The molecule has 2 heterocycles. The molecule has 0 saturated heterocycles. The van der Waals surface area contributed by atoms with Crippen molar-refractivity contribution in [2.75, 3.05) is 0 Å². The van der Waals surface area contributed by atoms with Crippen molar-refractivity contribution in [3.8, 4) is 0 Å². The van der Waals surface area contributed by atoms with Crippen LogP contribution in [0.2, 0.25) is 0 Å². The number of pyridine rings is 1. The number of hydrogen-bond donors (Lipinski definition) is 1. The van der Waals surface area contributed by atoms with E-state index in [1.807, 2.05) is 13.0 Å². The number of aliphatic carboxylic acids is 1. The molecule has 0 amide bonds. The SMILES string of the molecule is CC(CC(=O)O)c1cc2cnccc2o1. The Bertz CT molecular complexity index is 456. The Kier molecular flexibility index (Phi) is 2.41. The van der Waals surface area contributed by atoms with Gasteiger partial charge in [0.15, 0.2) is 0 Å². The highest BCUT2D eigenvalue weighted by Crippen LogP contribution is 2.26. The van der Waals surface area contributed by atoms with Crippen molar-refractivity contribution in [1.82, 2.24) is 4.98 Å². The monoisotopic (exact) mass is 205 g/mol. The van der Waals surface area contributed by atoms with Crippen LogP contribution in [0.25, 0.3) is 11.0 Å². The minimum atomic E-state index is -0.818. The first kappa shape index (κ1) is 9.71. The van der Waals surface area contributed by atoms with Crippen molar-refractivity contribution in [3.05, 3.63) is 30.3 Å². The van der Waals surface area contributed by atoms with Gasteiger partial charge in [0.2, 0.25) is 0 Å². The van der Waals surface area contributed by atoms with Crippen LogP contribution in [0.3, 0.4) is 0 Å². The lowest BCUT2D eigenvalue weighted by Crippen LogP contribution is -2.01. The molecular weight excluding hydrogens is 194 g/mol. The van der Waals surface area contributed by atoms with Gasteiger partial charge in [-0.1, -0.05) is 6.92 Å². The van der Waals surface area contributed by atoms with Crippen molar-refractivity contribution in [3.63, 3.8) is 0 Å². The predicted octanol–water partition coefficient (Wildman–Crippen LogP) is 2.41. The Balaban J connectivity index is 2.32. The first-order chi connectivity index (χ1) is 7.16. The third-order valence-corrected chi connectivity index (χ3v) is 2.30.